The fourth-order valence-corrected chi connectivity index (χ4v) is 0. The van der Waals surface area contributed by atoms with Gasteiger partial charge < -0.3 is 22.6 Å². The van der Waals surface area contributed by atoms with E-state index in [0.717, 1.165) is 10.6 Å². The zero-order chi connectivity index (χ0) is 9.49. The van der Waals surface area contributed by atoms with E-state index in [2.05, 4.69) is 40.4 Å². The third-order valence-corrected chi connectivity index (χ3v) is 1.15. The summed E-state index contributed by atoms with van der Waals surface area (Å²) in [6.45, 7) is 6.47. The van der Waals surface area contributed by atoms with Gasteiger partial charge >= 0.3 is 0 Å². The van der Waals surface area contributed by atoms with Crippen LogP contribution in [0.5, 0.6) is 0 Å². The van der Waals surface area contributed by atoms with Crippen LogP contribution in [0.25, 0.3) is 0 Å². The minimum absolute atomic E-state index is 0. The van der Waals surface area contributed by atoms with Crippen LogP contribution >= 0.6 is 0 Å². The summed E-state index contributed by atoms with van der Waals surface area (Å²) in [5, 5.41) is 0. The van der Waals surface area contributed by atoms with Crippen LogP contribution in [0.4, 0.5) is 0 Å². The molecule has 1 amide bonds. The number of hydrogen-bond acceptors (Lipinski definition) is 1. The quantitative estimate of drug-likeness (QED) is 0.380. The number of carbonyl (C=O) groups is 1. The lowest BCUT2D eigenvalue weighted by Crippen LogP contribution is -3.00. The SMILES string of the molecule is C=CC(N)=O.CC[N+](C)(C)C.[Cl-]. The second-order valence-electron chi connectivity index (χ2n) is 3.21. The molecular formula is C8H19ClN2O. The van der Waals surface area contributed by atoms with Gasteiger partial charge in [0.25, 0.3) is 0 Å². The van der Waals surface area contributed by atoms with Crippen molar-refractivity contribution >= 4 is 5.91 Å². The van der Waals surface area contributed by atoms with Crippen molar-refractivity contribution < 1.29 is 21.7 Å². The van der Waals surface area contributed by atoms with Gasteiger partial charge in [0.15, 0.2) is 0 Å². The molecule has 0 aliphatic heterocycles. The minimum atomic E-state index is -0.481. The molecule has 12 heavy (non-hydrogen) atoms. The molecule has 0 aromatic heterocycles. The van der Waals surface area contributed by atoms with Gasteiger partial charge in [-0.2, -0.15) is 0 Å². The Kier molecular flexibility index (Phi) is 12.5. The smallest absolute Gasteiger partial charge is 0.240 e. The van der Waals surface area contributed by atoms with Crippen molar-refractivity contribution in [2.75, 3.05) is 27.7 Å². The number of carbonyl (C=O) groups excluding carboxylic acids is 1. The van der Waals surface area contributed by atoms with Gasteiger partial charge in [0.05, 0.1) is 27.7 Å². The molecule has 0 heterocycles. The van der Waals surface area contributed by atoms with E-state index in [1.807, 2.05) is 0 Å². The molecule has 0 aliphatic rings. The van der Waals surface area contributed by atoms with E-state index in [1.54, 1.807) is 0 Å². The molecule has 0 saturated heterocycles. The molecule has 0 fully saturated rings. The first-order valence-corrected chi connectivity index (χ1v) is 3.55. The zero-order valence-electron chi connectivity index (χ0n) is 8.30. The van der Waals surface area contributed by atoms with Gasteiger partial charge in [-0.3, -0.25) is 4.79 Å². The molecule has 0 aliphatic carbocycles. The van der Waals surface area contributed by atoms with Crippen molar-refractivity contribution in [3.63, 3.8) is 0 Å². The molecule has 74 valence electrons. The van der Waals surface area contributed by atoms with Gasteiger partial charge in [0.2, 0.25) is 5.91 Å². The number of nitrogens with two attached hydrogens (primary N) is 1. The molecule has 4 heteroatoms. The van der Waals surface area contributed by atoms with Crippen LogP contribution in [0, 0.1) is 0 Å². The van der Waals surface area contributed by atoms with Gasteiger partial charge in [-0.05, 0) is 13.0 Å². The fraction of sp³-hybridized carbons (Fsp3) is 0.625. The van der Waals surface area contributed by atoms with E-state index in [4.69, 9.17) is 0 Å². The molecule has 2 N–H and O–H groups in total. The Bertz CT molecular complexity index is 130. The first kappa shape index (κ1) is 17.5. The van der Waals surface area contributed by atoms with Crippen molar-refractivity contribution in [3.8, 4) is 0 Å². The molecule has 3 nitrogen and oxygen atoms in total. The van der Waals surface area contributed by atoms with Crippen molar-refractivity contribution in [2.45, 2.75) is 6.92 Å². The lowest BCUT2D eigenvalue weighted by Gasteiger charge is -2.20. The summed E-state index contributed by atoms with van der Waals surface area (Å²) < 4.78 is 1.07. The maximum absolute atomic E-state index is 9.47. The van der Waals surface area contributed by atoms with E-state index >= 15 is 0 Å². The second-order valence-corrected chi connectivity index (χ2v) is 3.21. The Labute approximate surface area is 81.2 Å². The predicted molar refractivity (Wildman–Crippen MR) is 48.0 cm³/mol. The van der Waals surface area contributed by atoms with Crippen LogP contribution < -0.4 is 18.1 Å². The Morgan fingerprint density at radius 3 is 1.67 bits per heavy atom. The van der Waals surface area contributed by atoms with Crippen molar-refractivity contribution in [2.24, 2.45) is 5.73 Å². The average Bonchev–Trinajstić information content (AvgIpc) is 1.88. The number of rotatable bonds is 2. The van der Waals surface area contributed by atoms with Crippen LogP contribution in [-0.2, 0) is 4.79 Å². The normalized spacial score (nSPS) is 8.67. The van der Waals surface area contributed by atoms with E-state index in [9.17, 15) is 4.79 Å². The standard InChI is InChI=1S/C5H14N.C3H5NO.ClH/c1-5-6(2,3)4;1-2-3(4)5;/h5H2,1-4H3;2H,1H2,(H2,4,5);1H/q+1;;/p-1. The van der Waals surface area contributed by atoms with Gasteiger partial charge in [-0.25, -0.2) is 0 Å². The molecule has 0 bridgehead atoms. The van der Waals surface area contributed by atoms with Crippen molar-refractivity contribution in [1.29, 1.82) is 0 Å². The Balaban J connectivity index is -0.000000126. The van der Waals surface area contributed by atoms with Crippen LogP contribution in [0.3, 0.4) is 0 Å². The highest BCUT2D eigenvalue weighted by Gasteiger charge is 1.97. The maximum Gasteiger partial charge on any atom is 0.240 e. The highest BCUT2D eigenvalue weighted by molar-refractivity contribution is 5.84. The van der Waals surface area contributed by atoms with Crippen molar-refractivity contribution in [3.05, 3.63) is 12.7 Å². The summed E-state index contributed by atoms with van der Waals surface area (Å²) in [6.07, 6.45) is 1.06. The van der Waals surface area contributed by atoms with E-state index in [0.29, 0.717) is 0 Å². The summed E-state index contributed by atoms with van der Waals surface area (Å²) in [6, 6.07) is 0. The van der Waals surface area contributed by atoms with E-state index < -0.39 is 5.91 Å². The van der Waals surface area contributed by atoms with Crippen LogP contribution in [0.15, 0.2) is 12.7 Å². The number of quaternary nitrogens is 1. The Hall–Kier alpha value is -0.540. The molecule has 0 atom stereocenters. The maximum atomic E-state index is 9.47. The Morgan fingerprint density at radius 1 is 1.50 bits per heavy atom. The number of primary amides is 1. The summed E-state index contributed by atoms with van der Waals surface area (Å²) >= 11 is 0. The lowest BCUT2D eigenvalue weighted by molar-refractivity contribution is -0.868. The molecule has 0 unspecified atom stereocenters. The van der Waals surface area contributed by atoms with Crippen molar-refractivity contribution in [1.82, 2.24) is 0 Å². The minimum Gasteiger partial charge on any atom is -1.00 e. The molecule has 0 aromatic carbocycles. The van der Waals surface area contributed by atoms with Crippen LogP contribution in [-0.4, -0.2) is 38.1 Å². The number of amides is 1. The predicted octanol–water partition coefficient (Wildman–Crippen LogP) is -2.63. The molecule has 0 aromatic rings. The van der Waals surface area contributed by atoms with Gasteiger partial charge in [-0.15, -0.1) is 0 Å². The third kappa shape index (κ3) is 34.0. The fourth-order valence-electron chi connectivity index (χ4n) is 0. The molecular weight excluding hydrogens is 176 g/mol. The molecule has 0 rings (SSSR count). The largest absolute Gasteiger partial charge is 1.00 e. The zero-order valence-corrected chi connectivity index (χ0v) is 9.06. The van der Waals surface area contributed by atoms with Gasteiger partial charge in [-0.1, -0.05) is 6.58 Å². The number of halogens is 1. The van der Waals surface area contributed by atoms with Crippen LogP contribution in [0.2, 0.25) is 0 Å². The van der Waals surface area contributed by atoms with Crippen LogP contribution in [0.1, 0.15) is 6.92 Å². The highest BCUT2D eigenvalue weighted by atomic mass is 35.5. The second kappa shape index (κ2) is 8.56. The number of hydrogen-bond donors (Lipinski definition) is 1. The third-order valence-electron chi connectivity index (χ3n) is 1.15. The summed E-state index contributed by atoms with van der Waals surface area (Å²) in [5.74, 6) is -0.481. The van der Waals surface area contributed by atoms with Gasteiger partial charge in [0.1, 0.15) is 0 Å². The lowest BCUT2D eigenvalue weighted by atomic mass is 10.6. The topological polar surface area (TPSA) is 43.1 Å². The monoisotopic (exact) mass is 194 g/mol. The summed E-state index contributed by atoms with van der Waals surface area (Å²) in [4.78, 5) is 9.47. The van der Waals surface area contributed by atoms with Gasteiger partial charge in [0, 0.05) is 0 Å². The Morgan fingerprint density at radius 2 is 1.67 bits per heavy atom. The number of nitrogens with zero attached hydrogens (tertiary/aromatic N) is 1. The highest BCUT2D eigenvalue weighted by Crippen LogP contribution is 1.83. The molecule has 0 spiro atoms. The first-order chi connectivity index (χ1) is 4.83. The van der Waals surface area contributed by atoms with E-state index in [1.165, 1.54) is 6.54 Å². The molecule has 0 saturated carbocycles. The summed E-state index contributed by atoms with van der Waals surface area (Å²) in [7, 11) is 6.54. The first-order valence-electron chi connectivity index (χ1n) is 3.55. The average molecular weight is 195 g/mol. The molecule has 0 radical (unpaired) electrons. The van der Waals surface area contributed by atoms with E-state index in [-0.39, 0.29) is 12.4 Å². The summed E-state index contributed by atoms with van der Waals surface area (Å²) in [5.41, 5.74) is 4.53.